The molecule has 1 spiro atoms. The number of halogens is 1. The quantitative estimate of drug-likeness (QED) is 0.574. The molecule has 222 valence electrons. The van der Waals surface area contributed by atoms with Crippen molar-refractivity contribution >= 4 is 35.4 Å². The van der Waals surface area contributed by atoms with Gasteiger partial charge in [-0.05, 0) is 30.2 Å². The maximum absolute atomic E-state index is 13.3. The van der Waals surface area contributed by atoms with Crippen LogP contribution in [0.4, 0.5) is 4.79 Å². The number of fused-ring (bicyclic) bond motifs is 9. The van der Waals surface area contributed by atoms with Crippen molar-refractivity contribution in [3.63, 3.8) is 0 Å². The Labute approximate surface area is 248 Å². The van der Waals surface area contributed by atoms with E-state index in [0.717, 1.165) is 11.1 Å². The molecule has 2 aromatic rings. The maximum Gasteiger partial charge on any atom is 0.410 e. The van der Waals surface area contributed by atoms with Crippen LogP contribution in [-0.2, 0) is 25.5 Å². The van der Waals surface area contributed by atoms with E-state index in [9.17, 15) is 19.2 Å². The molecule has 5 aliphatic rings. The van der Waals surface area contributed by atoms with Crippen LogP contribution in [0.25, 0.3) is 0 Å². The molecule has 2 fully saturated rings. The summed E-state index contributed by atoms with van der Waals surface area (Å²) in [5.74, 6) is 0.517. The minimum atomic E-state index is -0.593. The summed E-state index contributed by atoms with van der Waals surface area (Å²) in [5.41, 5.74) is 1.15. The molecule has 0 saturated carbocycles. The lowest BCUT2D eigenvalue weighted by molar-refractivity contribution is -0.136. The molecule has 0 aliphatic carbocycles. The molecule has 5 heterocycles. The van der Waals surface area contributed by atoms with Crippen molar-refractivity contribution in [1.82, 2.24) is 20.0 Å². The van der Waals surface area contributed by atoms with Crippen LogP contribution in [0.2, 0.25) is 5.02 Å². The fraction of sp³-hybridized carbons (Fsp3) is 0.467. The Morgan fingerprint density at radius 2 is 1.81 bits per heavy atom. The van der Waals surface area contributed by atoms with Gasteiger partial charge in [-0.15, -0.1) is 0 Å². The van der Waals surface area contributed by atoms with Gasteiger partial charge in [0.2, 0.25) is 17.7 Å². The van der Waals surface area contributed by atoms with Crippen LogP contribution in [0, 0.1) is 5.41 Å². The van der Waals surface area contributed by atoms with E-state index in [4.69, 9.17) is 25.8 Å². The number of hydrogen-bond acceptors (Lipinski definition) is 7. The fourth-order valence-corrected chi connectivity index (χ4v) is 6.34. The molecular weight excluding hydrogens is 564 g/mol. The van der Waals surface area contributed by atoms with Gasteiger partial charge in [-0.1, -0.05) is 35.9 Å². The predicted octanol–water partition coefficient (Wildman–Crippen LogP) is 2.07. The second-order valence-electron chi connectivity index (χ2n) is 11.3. The Hall–Kier alpha value is -3.99. The highest BCUT2D eigenvalue weighted by Gasteiger charge is 2.53. The molecule has 42 heavy (non-hydrogen) atoms. The summed E-state index contributed by atoms with van der Waals surface area (Å²) >= 11 is 5.99. The van der Waals surface area contributed by atoms with Crippen LogP contribution < -0.4 is 14.8 Å². The van der Waals surface area contributed by atoms with Gasteiger partial charge >= 0.3 is 6.09 Å². The third-order valence-corrected chi connectivity index (χ3v) is 8.74. The Morgan fingerprint density at radius 3 is 2.60 bits per heavy atom. The first-order valence-electron chi connectivity index (χ1n) is 14.2. The number of ether oxygens (including phenoxy) is 3. The Bertz CT molecular complexity index is 1390. The number of benzene rings is 2. The van der Waals surface area contributed by atoms with E-state index in [2.05, 4.69) is 5.32 Å². The molecule has 2 saturated heterocycles. The van der Waals surface area contributed by atoms with Crippen molar-refractivity contribution in [3.8, 4) is 11.5 Å². The molecule has 5 aliphatic heterocycles. The monoisotopic (exact) mass is 596 g/mol. The standard InChI is InChI=1S/C30H33ClN4O7/c31-21-7-5-20(6-8-21)13-26(37)33-9-2-11-40-24-4-1-3-22-23-14-35(27(38)16-34-10-12-41-29(34)39)18-30(23,19-42-28(22)24)17-32-25(36)15-33/h1,3-8,23H,2,9-19H2,(H,32,36)/t23-,30+/m0/s1. The van der Waals surface area contributed by atoms with Crippen molar-refractivity contribution in [2.75, 3.05) is 65.6 Å². The van der Waals surface area contributed by atoms with Gasteiger partial charge in [0.05, 0.1) is 32.7 Å². The molecule has 0 aromatic heterocycles. The molecule has 12 heteroatoms. The van der Waals surface area contributed by atoms with Crippen LogP contribution in [0.5, 0.6) is 11.5 Å². The topological polar surface area (TPSA) is 118 Å². The molecule has 2 atom stereocenters. The third-order valence-electron chi connectivity index (χ3n) is 8.48. The summed E-state index contributed by atoms with van der Waals surface area (Å²) in [6.07, 6.45) is 0.190. The third kappa shape index (κ3) is 5.70. The summed E-state index contributed by atoms with van der Waals surface area (Å²) in [6.45, 7) is 2.49. The number of likely N-dealkylation sites (tertiary alicyclic amines) is 1. The number of rotatable bonds is 4. The SMILES string of the molecule is O=C1CN(C(=O)Cc2ccc(Cl)cc2)CCCOc2cccc3c2OC[C@@]2(CN1)CN(C(=O)CN1CCOC1=O)C[C@@H]32. The summed E-state index contributed by atoms with van der Waals surface area (Å²) < 4.78 is 17.4. The molecule has 4 amide bonds. The zero-order valence-corrected chi connectivity index (χ0v) is 23.9. The van der Waals surface area contributed by atoms with Gasteiger partial charge in [0.15, 0.2) is 11.5 Å². The van der Waals surface area contributed by atoms with Crippen molar-refractivity contribution in [1.29, 1.82) is 0 Å². The van der Waals surface area contributed by atoms with Gasteiger partial charge in [-0.2, -0.15) is 0 Å². The van der Waals surface area contributed by atoms with Crippen molar-refractivity contribution in [2.45, 2.75) is 18.8 Å². The van der Waals surface area contributed by atoms with Crippen LogP contribution in [0.15, 0.2) is 42.5 Å². The number of nitrogens with zero attached hydrogens (tertiary/aromatic N) is 3. The zero-order chi connectivity index (χ0) is 29.3. The number of carbonyl (C=O) groups excluding carboxylic acids is 4. The highest BCUT2D eigenvalue weighted by molar-refractivity contribution is 6.30. The summed E-state index contributed by atoms with van der Waals surface area (Å²) in [7, 11) is 0. The number of cyclic esters (lactones) is 1. The molecule has 7 rings (SSSR count). The molecule has 0 unspecified atom stereocenters. The van der Waals surface area contributed by atoms with Crippen LogP contribution >= 0.6 is 11.6 Å². The fourth-order valence-electron chi connectivity index (χ4n) is 6.21. The highest BCUT2D eigenvalue weighted by atomic mass is 35.5. The molecule has 11 nitrogen and oxygen atoms in total. The lowest BCUT2D eigenvalue weighted by Crippen LogP contribution is -2.51. The molecule has 0 radical (unpaired) electrons. The lowest BCUT2D eigenvalue weighted by atomic mass is 9.73. The number of hydrogen-bond donors (Lipinski definition) is 1. The Balaban J connectivity index is 1.23. The molecule has 1 N–H and O–H groups in total. The molecule has 4 bridgehead atoms. The van der Waals surface area contributed by atoms with Gasteiger partial charge < -0.3 is 29.3 Å². The molecular formula is C30H33ClN4O7. The van der Waals surface area contributed by atoms with E-state index in [0.29, 0.717) is 55.7 Å². The first-order valence-corrected chi connectivity index (χ1v) is 14.6. The van der Waals surface area contributed by atoms with Crippen molar-refractivity contribution < 1.29 is 33.4 Å². The van der Waals surface area contributed by atoms with E-state index in [1.807, 2.05) is 18.2 Å². The van der Waals surface area contributed by atoms with Gasteiger partial charge in [0.1, 0.15) is 13.2 Å². The number of para-hydroxylation sites is 1. The Kier molecular flexibility index (Phi) is 7.85. The largest absolute Gasteiger partial charge is 0.490 e. The normalized spacial score (nSPS) is 23.8. The summed E-state index contributed by atoms with van der Waals surface area (Å²) in [4.78, 5) is 56.5. The number of amides is 4. The highest BCUT2D eigenvalue weighted by Crippen LogP contribution is 2.52. The van der Waals surface area contributed by atoms with E-state index in [1.165, 1.54) is 4.90 Å². The predicted molar refractivity (Wildman–Crippen MR) is 151 cm³/mol. The first-order chi connectivity index (χ1) is 20.3. The first kappa shape index (κ1) is 28.1. The van der Waals surface area contributed by atoms with Gasteiger partial charge in [-0.3, -0.25) is 19.3 Å². The summed E-state index contributed by atoms with van der Waals surface area (Å²) in [6, 6.07) is 12.8. The van der Waals surface area contributed by atoms with Gasteiger partial charge in [-0.25, -0.2) is 4.79 Å². The minimum Gasteiger partial charge on any atom is -0.490 e. The van der Waals surface area contributed by atoms with Gasteiger partial charge in [0.25, 0.3) is 0 Å². The van der Waals surface area contributed by atoms with E-state index >= 15 is 0 Å². The van der Waals surface area contributed by atoms with Crippen molar-refractivity contribution in [2.24, 2.45) is 5.41 Å². The van der Waals surface area contributed by atoms with Crippen LogP contribution in [-0.4, -0.2) is 104 Å². The lowest BCUT2D eigenvalue weighted by Gasteiger charge is -2.40. The van der Waals surface area contributed by atoms with Crippen molar-refractivity contribution in [3.05, 3.63) is 58.6 Å². The van der Waals surface area contributed by atoms with E-state index < -0.39 is 11.5 Å². The van der Waals surface area contributed by atoms with Crippen LogP contribution in [0.3, 0.4) is 0 Å². The number of nitrogens with one attached hydrogen (secondary N) is 1. The maximum atomic E-state index is 13.3. The van der Waals surface area contributed by atoms with Gasteiger partial charge in [0, 0.05) is 48.1 Å². The Morgan fingerprint density at radius 1 is 0.976 bits per heavy atom. The van der Waals surface area contributed by atoms with E-state index in [1.54, 1.807) is 34.1 Å². The minimum absolute atomic E-state index is 0.0600. The van der Waals surface area contributed by atoms with E-state index in [-0.39, 0.29) is 62.9 Å². The number of carbonyl (C=O) groups is 4. The van der Waals surface area contributed by atoms with Crippen LogP contribution in [0.1, 0.15) is 23.5 Å². The smallest absolute Gasteiger partial charge is 0.410 e. The average molecular weight is 597 g/mol. The second kappa shape index (κ2) is 11.7. The molecule has 2 aromatic carbocycles. The zero-order valence-electron chi connectivity index (χ0n) is 23.2. The summed E-state index contributed by atoms with van der Waals surface area (Å²) in [5, 5.41) is 3.64. The average Bonchev–Trinajstić information content (AvgIpc) is 3.58. The second-order valence-corrected chi connectivity index (χ2v) is 11.7.